The molecule has 4 nitrogen and oxygen atoms in total. The zero-order valence-electron chi connectivity index (χ0n) is 19.0. The molecule has 1 aromatic rings. The quantitative estimate of drug-likeness (QED) is 0.706. The Morgan fingerprint density at radius 2 is 1.79 bits per heavy atom. The van der Waals surface area contributed by atoms with E-state index in [9.17, 15) is 9.59 Å². The number of benzene rings is 1. The number of hydrogen-bond donors (Lipinski definition) is 1. The SMILES string of the molecule is CC(C)[C@@H](NC(=O)CC(C)(C)C)C(=O)N1CC[C@H](c2ccc(Cl)cc2)C(C)(C)C1. The molecule has 0 saturated carbocycles. The molecule has 162 valence electrons. The molecule has 0 radical (unpaired) electrons. The van der Waals surface area contributed by atoms with Crippen molar-refractivity contribution in [2.24, 2.45) is 16.7 Å². The lowest BCUT2D eigenvalue weighted by Crippen LogP contribution is -2.56. The molecule has 1 aliphatic rings. The van der Waals surface area contributed by atoms with Gasteiger partial charge in [0, 0.05) is 24.5 Å². The molecule has 1 N–H and O–H groups in total. The molecule has 2 rings (SSSR count). The fraction of sp³-hybridized carbons (Fsp3) is 0.667. The van der Waals surface area contributed by atoms with Crippen LogP contribution in [-0.4, -0.2) is 35.8 Å². The highest BCUT2D eigenvalue weighted by molar-refractivity contribution is 6.30. The van der Waals surface area contributed by atoms with E-state index in [0.717, 1.165) is 11.4 Å². The summed E-state index contributed by atoms with van der Waals surface area (Å²) in [6.45, 7) is 15.9. The van der Waals surface area contributed by atoms with Gasteiger partial charge >= 0.3 is 0 Å². The van der Waals surface area contributed by atoms with Crippen LogP contribution in [0.1, 0.15) is 72.8 Å². The smallest absolute Gasteiger partial charge is 0.245 e. The summed E-state index contributed by atoms with van der Waals surface area (Å²) in [7, 11) is 0. The Balaban J connectivity index is 2.10. The number of halogens is 1. The largest absolute Gasteiger partial charge is 0.344 e. The predicted molar refractivity (Wildman–Crippen MR) is 120 cm³/mol. The van der Waals surface area contributed by atoms with E-state index in [1.165, 1.54) is 5.56 Å². The molecule has 2 atom stereocenters. The second-order valence-electron chi connectivity index (χ2n) is 10.7. The highest BCUT2D eigenvalue weighted by Crippen LogP contribution is 2.42. The third kappa shape index (κ3) is 6.47. The van der Waals surface area contributed by atoms with Crippen molar-refractivity contribution < 1.29 is 9.59 Å². The van der Waals surface area contributed by atoms with Crippen LogP contribution in [0.3, 0.4) is 0 Å². The van der Waals surface area contributed by atoms with E-state index in [-0.39, 0.29) is 28.6 Å². The Morgan fingerprint density at radius 3 is 2.28 bits per heavy atom. The van der Waals surface area contributed by atoms with Gasteiger partial charge in [-0.1, -0.05) is 72.2 Å². The standard InChI is InChI=1S/C24H37ClN2O2/c1-16(2)21(26-20(28)14-23(3,4)5)22(29)27-13-12-19(24(6,7)15-27)17-8-10-18(25)11-9-17/h8-11,16,19,21H,12-15H2,1-7H3,(H,26,28)/t19-,21-/m1/s1. The van der Waals surface area contributed by atoms with Gasteiger partial charge < -0.3 is 10.2 Å². The van der Waals surface area contributed by atoms with Gasteiger partial charge in [0.25, 0.3) is 0 Å². The first kappa shape index (κ1) is 23.7. The second-order valence-corrected chi connectivity index (χ2v) is 11.1. The van der Waals surface area contributed by atoms with Gasteiger partial charge in [-0.25, -0.2) is 0 Å². The highest BCUT2D eigenvalue weighted by atomic mass is 35.5. The molecule has 1 aromatic carbocycles. The lowest BCUT2D eigenvalue weighted by Gasteiger charge is -2.45. The molecule has 1 fully saturated rings. The number of hydrogen-bond acceptors (Lipinski definition) is 2. The fourth-order valence-electron chi connectivity index (χ4n) is 4.27. The summed E-state index contributed by atoms with van der Waals surface area (Å²) in [5.41, 5.74) is 1.11. The molecule has 1 aliphatic heterocycles. The normalized spacial score (nSPS) is 20.4. The van der Waals surface area contributed by atoms with Crippen molar-refractivity contribution in [1.82, 2.24) is 10.2 Å². The van der Waals surface area contributed by atoms with Crippen LogP contribution < -0.4 is 5.32 Å². The summed E-state index contributed by atoms with van der Waals surface area (Å²) in [5.74, 6) is 0.394. The van der Waals surface area contributed by atoms with Crippen LogP contribution in [0, 0.1) is 16.7 Å². The van der Waals surface area contributed by atoms with Gasteiger partial charge in [-0.15, -0.1) is 0 Å². The maximum Gasteiger partial charge on any atom is 0.245 e. The molecule has 1 heterocycles. The molecule has 2 amide bonds. The number of rotatable bonds is 5. The molecular weight excluding hydrogens is 384 g/mol. The van der Waals surface area contributed by atoms with Crippen molar-refractivity contribution >= 4 is 23.4 Å². The molecule has 0 spiro atoms. The summed E-state index contributed by atoms with van der Waals surface area (Å²) in [4.78, 5) is 27.7. The van der Waals surface area contributed by atoms with Crippen LogP contribution in [0.2, 0.25) is 5.02 Å². The lowest BCUT2D eigenvalue weighted by molar-refractivity contribution is -0.141. The molecule has 0 aromatic heterocycles. The summed E-state index contributed by atoms with van der Waals surface area (Å²) in [5, 5.41) is 3.74. The van der Waals surface area contributed by atoms with E-state index in [0.29, 0.717) is 25.4 Å². The minimum Gasteiger partial charge on any atom is -0.344 e. The van der Waals surface area contributed by atoms with Crippen molar-refractivity contribution in [2.75, 3.05) is 13.1 Å². The zero-order chi connectivity index (χ0) is 22.0. The molecular formula is C24H37ClN2O2. The molecule has 5 heteroatoms. The Bertz CT molecular complexity index is 719. The Hall–Kier alpha value is -1.55. The van der Waals surface area contributed by atoms with Crippen LogP contribution in [-0.2, 0) is 9.59 Å². The zero-order valence-corrected chi connectivity index (χ0v) is 19.8. The average Bonchev–Trinajstić information content (AvgIpc) is 2.57. The number of carbonyl (C=O) groups is 2. The van der Waals surface area contributed by atoms with E-state index < -0.39 is 6.04 Å². The summed E-state index contributed by atoms with van der Waals surface area (Å²) < 4.78 is 0. The Labute approximate surface area is 181 Å². The molecule has 0 bridgehead atoms. The Kier molecular flexibility index (Phi) is 7.42. The fourth-order valence-corrected chi connectivity index (χ4v) is 4.40. The predicted octanol–water partition coefficient (Wildman–Crippen LogP) is 5.26. The highest BCUT2D eigenvalue weighted by Gasteiger charge is 2.40. The van der Waals surface area contributed by atoms with E-state index in [2.05, 4.69) is 31.3 Å². The maximum absolute atomic E-state index is 13.3. The number of amides is 2. The monoisotopic (exact) mass is 420 g/mol. The van der Waals surface area contributed by atoms with E-state index in [4.69, 9.17) is 11.6 Å². The summed E-state index contributed by atoms with van der Waals surface area (Å²) >= 11 is 6.04. The van der Waals surface area contributed by atoms with Crippen molar-refractivity contribution in [1.29, 1.82) is 0 Å². The summed E-state index contributed by atoms with van der Waals surface area (Å²) in [6, 6.07) is 7.58. The van der Waals surface area contributed by atoms with Crippen LogP contribution in [0.4, 0.5) is 0 Å². The number of nitrogens with zero attached hydrogens (tertiary/aromatic N) is 1. The first-order valence-electron chi connectivity index (χ1n) is 10.6. The van der Waals surface area contributed by atoms with Gasteiger partial charge in [0.05, 0.1) is 0 Å². The topological polar surface area (TPSA) is 49.4 Å². The number of nitrogens with one attached hydrogen (secondary N) is 1. The number of carbonyl (C=O) groups excluding carboxylic acids is 2. The number of piperidine rings is 1. The van der Waals surface area contributed by atoms with Crippen LogP contribution >= 0.6 is 11.6 Å². The van der Waals surface area contributed by atoms with Crippen molar-refractivity contribution in [3.05, 3.63) is 34.9 Å². The van der Waals surface area contributed by atoms with Gasteiger partial charge in [-0.3, -0.25) is 9.59 Å². The van der Waals surface area contributed by atoms with E-state index in [1.807, 2.05) is 51.7 Å². The average molecular weight is 421 g/mol. The first-order valence-corrected chi connectivity index (χ1v) is 11.0. The maximum atomic E-state index is 13.3. The molecule has 0 unspecified atom stereocenters. The second kappa shape index (κ2) is 9.07. The van der Waals surface area contributed by atoms with Crippen molar-refractivity contribution in [3.63, 3.8) is 0 Å². The van der Waals surface area contributed by atoms with Crippen LogP contribution in [0.15, 0.2) is 24.3 Å². The van der Waals surface area contributed by atoms with Gasteiger partial charge in [-0.2, -0.15) is 0 Å². The first-order chi connectivity index (χ1) is 13.3. The van der Waals surface area contributed by atoms with Gasteiger partial charge in [-0.05, 0) is 46.8 Å². The van der Waals surface area contributed by atoms with Gasteiger partial charge in [0.2, 0.25) is 11.8 Å². The van der Waals surface area contributed by atoms with Gasteiger partial charge in [0.1, 0.15) is 6.04 Å². The van der Waals surface area contributed by atoms with E-state index in [1.54, 1.807) is 0 Å². The number of likely N-dealkylation sites (tertiary alicyclic amines) is 1. The van der Waals surface area contributed by atoms with Gasteiger partial charge in [0.15, 0.2) is 0 Å². The minimum atomic E-state index is -0.479. The third-order valence-corrected chi connectivity index (χ3v) is 6.01. The minimum absolute atomic E-state index is 0.0323. The third-order valence-electron chi connectivity index (χ3n) is 5.75. The van der Waals surface area contributed by atoms with E-state index >= 15 is 0 Å². The lowest BCUT2D eigenvalue weighted by atomic mass is 9.70. The molecule has 1 saturated heterocycles. The summed E-state index contributed by atoms with van der Waals surface area (Å²) in [6.07, 6.45) is 1.31. The van der Waals surface area contributed by atoms with Crippen molar-refractivity contribution in [3.8, 4) is 0 Å². The van der Waals surface area contributed by atoms with Crippen LogP contribution in [0.25, 0.3) is 0 Å². The molecule has 29 heavy (non-hydrogen) atoms. The molecule has 0 aliphatic carbocycles. The van der Waals surface area contributed by atoms with Crippen LogP contribution in [0.5, 0.6) is 0 Å². The van der Waals surface area contributed by atoms with Crippen molar-refractivity contribution in [2.45, 2.75) is 73.3 Å². The Morgan fingerprint density at radius 1 is 1.21 bits per heavy atom.